The number of anilines is 1. The summed E-state index contributed by atoms with van der Waals surface area (Å²) in [5, 5.41) is 5.98. The molecule has 6 nitrogen and oxygen atoms in total. The molecule has 28 heavy (non-hydrogen) atoms. The van der Waals surface area contributed by atoms with Gasteiger partial charge >= 0.3 is 0 Å². The van der Waals surface area contributed by atoms with E-state index < -0.39 is 0 Å². The highest BCUT2D eigenvalue weighted by molar-refractivity contribution is 5.92. The molecule has 0 saturated carbocycles. The number of rotatable bonds is 7. The van der Waals surface area contributed by atoms with E-state index in [0.717, 1.165) is 11.1 Å². The Hall–Kier alpha value is -3.48. The van der Waals surface area contributed by atoms with Crippen LogP contribution in [0.3, 0.4) is 0 Å². The van der Waals surface area contributed by atoms with E-state index in [1.165, 1.54) is 12.1 Å². The zero-order valence-electron chi connectivity index (χ0n) is 15.7. The summed E-state index contributed by atoms with van der Waals surface area (Å²) in [6.45, 7) is 2.50. The molecule has 0 atom stereocenters. The predicted octanol–water partition coefficient (Wildman–Crippen LogP) is 3.47. The Morgan fingerprint density at radius 2 is 1.82 bits per heavy atom. The fourth-order valence-electron chi connectivity index (χ4n) is 2.68. The third-order valence-corrected chi connectivity index (χ3v) is 4.09. The molecular weight excluding hydrogens is 359 g/mol. The highest BCUT2D eigenvalue weighted by atomic mass is 19.1. The first-order chi connectivity index (χ1) is 13.5. The molecule has 0 aliphatic heterocycles. The van der Waals surface area contributed by atoms with Crippen molar-refractivity contribution >= 4 is 11.7 Å². The maximum absolute atomic E-state index is 13.0. The molecule has 1 amide bonds. The number of hydrogen-bond donors (Lipinski definition) is 2. The molecule has 0 bridgehead atoms. The van der Waals surface area contributed by atoms with E-state index in [1.54, 1.807) is 32.2 Å². The van der Waals surface area contributed by atoms with Crippen molar-refractivity contribution in [2.45, 2.75) is 20.0 Å². The molecule has 0 unspecified atom stereocenters. The number of benzene rings is 2. The van der Waals surface area contributed by atoms with Crippen LogP contribution in [0.5, 0.6) is 5.75 Å². The van der Waals surface area contributed by atoms with Gasteiger partial charge in [0.15, 0.2) is 0 Å². The lowest BCUT2D eigenvalue weighted by Gasteiger charge is -2.11. The number of nitrogens with one attached hydrogen (secondary N) is 2. The van der Waals surface area contributed by atoms with Crippen molar-refractivity contribution in [2.75, 3.05) is 12.4 Å². The summed E-state index contributed by atoms with van der Waals surface area (Å²) in [6, 6.07) is 15.3. The van der Waals surface area contributed by atoms with Gasteiger partial charge in [-0.3, -0.25) is 4.79 Å². The van der Waals surface area contributed by atoms with E-state index in [-0.39, 0.29) is 17.4 Å². The van der Waals surface area contributed by atoms with E-state index in [0.29, 0.717) is 30.5 Å². The number of halogens is 1. The van der Waals surface area contributed by atoms with E-state index >= 15 is 0 Å². The van der Waals surface area contributed by atoms with Crippen molar-refractivity contribution in [3.63, 3.8) is 0 Å². The van der Waals surface area contributed by atoms with Crippen LogP contribution in [0, 0.1) is 12.7 Å². The molecule has 144 valence electrons. The number of ether oxygens (including phenoxy) is 1. The van der Waals surface area contributed by atoms with Crippen LogP contribution in [0.1, 0.15) is 27.4 Å². The molecule has 0 radical (unpaired) electrons. The monoisotopic (exact) mass is 380 g/mol. The summed E-state index contributed by atoms with van der Waals surface area (Å²) in [4.78, 5) is 21.0. The molecule has 0 aliphatic rings. The molecule has 1 aromatic heterocycles. The molecule has 3 aromatic rings. The van der Waals surface area contributed by atoms with Gasteiger partial charge in [0.25, 0.3) is 5.91 Å². The van der Waals surface area contributed by atoms with Gasteiger partial charge in [0.05, 0.1) is 7.11 Å². The van der Waals surface area contributed by atoms with Crippen molar-refractivity contribution in [1.29, 1.82) is 0 Å². The van der Waals surface area contributed by atoms with Gasteiger partial charge in [-0.15, -0.1) is 0 Å². The van der Waals surface area contributed by atoms with Gasteiger partial charge in [0.1, 0.15) is 28.9 Å². The van der Waals surface area contributed by atoms with Gasteiger partial charge < -0.3 is 15.4 Å². The molecule has 2 N–H and O–H groups in total. The summed E-state index contributed by atoms with van der Waals surface area (Å²) in [5.74, 6) is 1.13. The van der Waals surface area contributed by atoms with Crippen molar-refractivity contribution < 1.29 is 13.9 Å². The fourth-order valence-corrected chi connectivity index (χ4v) is 2.68. The van der Waals surface area contributed by atoms with Crippen LogP contribution in [0.4, 0.5) is 10.2 Å². The number of carbonyl (C=O) groups is 1. The summed E-state index contributed by atoms with van der Waals surface area (Å²) in [6.07, 6.45) is 0. The zero-order chi connectivity index (χ0) is 19.9. The first-order valence-electron chi connectivity index (χ1n) is 8.79. The molecule has 0 spiro atoms. The first-order valence-corrected chi connectivity index (χ1v) is 8.79. The number of aromatic nitrogens is 2. The maximum atomic E-state index is 13.0. The Labute approximate surface area is 162 Å². The third kappa shape index (κ3) is 5.03. The van der Waals surface area contributed by atoms with Crippen molar-refractivity contribution in [1.82, 2.24) is 15.3 Å². The lowest BCUT2D eigenvalue weighted by molar-refractivity contribution is 0.0945. The number of nitrogens with zero attached hydrogens (tertiary/aromatic N) is 2. The Balaban J connectivity index is 1.66. The predicted molar refractivity (Wildman–Crippen MR) is 105 cm³/mol. The third-order valence-electron chi connectivity index (χ3n) is 4.09. The highest BCUT2D eigenvalue weighted by Gasteiger charge is 2.11. The molecule has 2 aromatic carbocycles. The highest BCUT2D eigenvalue weighted by Crippen LogP contribution is 2.17. The molecule has 1 heterocycles. The molecule has 0 aliphatic carbocycles. The summed E-state index contributed by atoms with van der Waals surface area (Å²) >= 11 is 0. The standard InChI is InChI=1S/C21H21FN4O2/c1-14-25-18(21(27)24-13-16-5-3-4-6-19(16)28-2)11-20(26-14)23-12-15-7-9-17(22)10-8-15/h3-11H,12-13H2,1-2H3,(H,24,27)(H,23,25,26). The second-order valence-electron chi connectivity index (χ2n) is 6.16. The topological polar surface area (TPSA) is 76.1 Å². The minimum Gasteiger partial charge on any atom is -0.496 e. The summed E-state index contributed by atoms with van der Waals surface area (Å²) < 4.78 is 18.3. The van der Waals surface area contributed by atoms with Crippen molar-refractivity contribution in [3.05, 3.63) is 83.1 Å². The lowest BCUT2D eigenvalue weighted by atomic mass is 10.2. The van der Waals surface area contributed by atoms with E-state index in [1.807, 2.05) is 24.3 Å². The average molecular weight is 380 g/mol. The molecule has 7 heteroatoms. The first kappa shape index (κ1) is 19.3. The summed E-state index contributed by atoms with van der Waals surface area (Å²) in [5.41, 5.74) is 2.04. The number of hydrogen-bond acceptors (Lipinski definition) is 5. The molecule has 3 rings (SSSR count). The normalized spacial score (nSPS) is 10.4. The second-order valence-corrected chi connectivity index (χ2v) is 6.16. The van der Waals surface area contributed by atoms with Crippen molar-refractivity contribution in [2.24, 2.45) is 0 Å². The SMILES string of the molecule is COc1ccccc1CNC(=O)c1cc(NCc2ccc(F)cc2)nc(C)n1. The van der Waals surface area contributed by atoms with E-state index in [2.05, 4.69) is 20.6 Å². The number of aryl methyl sites for hydroxylation is 1. The van der Waals surface area contributed by atoms with Gasteiger partial charge in [-0.25, -0.2) is 14.4 Å². The van der Waals surface area contributed by atoms with Crippen LogP contribution in [-0.4, -0.2) is 23.0 Å². The number of para-hydroxylation sites is 1. The van der Waals surface area contributed by atoms with Crippen LogP contribution < -0.4 is 15.4 Å². The van der Waals surface area contributed by atoms with Gasteiger partial charge in [0, 0.05) is 24.7 Å². The summed E-state index contributed by atoms with van der Waals surface area (Å²) in [7, 11) is 1.59. The molecule has 0 saturated heterocycles. The second kappa shape index (κ2) is 8.94. The van der Waals surface area contributed by atoms with Crippen LogP contribution in [0.25, 0.3) is 0 Å². The van der Waals surface area contributed by atoms with E-state index in [4.69, 9.17) is 4.74 Å². The number of methoxy groups -OCH3 is 1. The van der Waals surface area contributed by atoms with Gasteiger partial charge in [-0.05, 0) is 30.7 Å². The van der Waals surface area contributed by atoms with Gasteiger partial charge in [0.2, 0.25) is 0 Å². The Morgan fingerprint density at radius 3 is 2.57 bits per heavy atom. The van der Waals surface area contributed by atoms with Gasteiger partial charge in [-0.1, -0.05) is 30.3 Å². The van der Waals surface area contributed by atoms with Gasteiger partial charge in [-0.2, -0.15) is 0 Å². The van der Waals surface area contributed by atoms with Crippen LogP contribution in [-0.2, 0) is 13.1 Å². The number of amides is 1. The molecular formula is C21H21FN4O2. The maximum Gasteiger partial charge on any atom is 0.270 e. The van der Waals surface area contributed by atoms with Crippen LogP contribution in [0.15, 0.2) is 54.6 Å². The van der Waals surface area contributed by atoms with E-state index in [9.17, 15) is 9.18 Å². The zero-order valence-corrected chi connectivity index (χ0v) is 15.7. The smallest absolute Gasteiger partial charge is 0.270 e. The van der Waals surface area contributed by atoms with Crippen LogP contribution in [0.2, 0.25) is 0 Å². The largest absolute Gasteiger partial charge is 0.496 e. The number of carbonyl (C=O) groups excluding carboxylic acids is 1. The Kier molecular flexibility index (Phi) is 6.16. The Bertz CT molecular complexity index is 961. The quantitative estimate of drug-likeness (QED) is 0.656. The fraction of sp³-hybridized carbons (Fsp3) is 0.190. The average Bonchev–Trinajstić information content (AvgIpc) is 2.71. The van der Waals surface area contributed by atoms with Crippen molar-refractivity contribution in [3.8, 4) is 5.75 Å². The lowest BCUT2D eigenvalue weighted by Crippen LogP contribution is -2.24. The van der Waals surface area contributed by atoms with Crippen LogP contribution >= 0.6 is 0 Å². The minimum absolute atomic E-state index is 0.268. The Morgan fingerprint density at radius 1 is 1.07 bits per heavy atom. The minimum atomic E-state index is -0.304. The molecule has 0 fully saturated rings.